The number of guanidine groups is 2. The maximum Gasteiger partial charge on any atom is 0.296 e. The number of para-hydroxylation sites is 4. The van der Waals surface area contributed by atoms with Crippen molar-refractivity contribution in [2.24, 2.45) is 31.9 Å². The van der Waals surface area contributed by atoms with Crippen LogP contribution < -0.4 is 26.6 Å². The van der Waals surface area contributed by atoms with Crippen molar-refractivity contribution < 1.29 is 35.8 Å². The van der Waals surface area contributed by atoms with Crippen LogP contribution in [0.1, 0.15) is 21.5 Å². The minimum atomic E-state index is -4.86. The average Bonchev–Trinajstić information content (AvgIpc) is 3.46. The lowest BCUT2D eigenvalue weighted by Gasteiger charge is -2.26. The maximum atomic E-state index is 12.5. The normalized spacial score (nSPS) is 11.2. The molecule has 0 atom stereocenters. The number of nitrogens with zero attached hydrogens (tertiary/aromatic N) is 6. The number of aryl methyl sites for hydroxylation is 2. The number of azo groups is 2. The molecule has 0 aliphatic carbocycles. The van der Waals surface area contributed by atoms with E-state index in [0.717, 1.165) is 39.9 Å². The van der Waals surface area contributed by atoms with Crippen LogP contribution in [0.3, 0.4) is 0 Å². The first kappa shape index (κ1) is 55.8. The second kappa shape index (κ2) is 25.1. The van der Waals surface area contributed by atoms with Crippen LogP contribution in [-0.2, 0) is 20.2 Å². The number of benzene rings is 9. The van der Waals surface area contributed by atoms with Crippen molar-refractivity contribution in [3.8, 4) is 5.75 Å². The second-order valence-electron chi connectivity index (χ2n) is 16.9. The highest BCUT2D eigenvalue weighted by Gasteiger charge is 2.23. The number of aromatic hydroxyl groups is 1. The Hall–Kier alpha value is -9.93. The standard InChI is InChI=1S/C29H21N5O8S2.C15H17N3.C13H13N3/c35-28-25-15-12-23(30-29(36)18-4-2-1-3-5-18)16-19(25)17-26(44(40,41)42)27(28)34-33-21-8-6-20(7-9-21)31-32-22-10-13-24(14-11-22)43(37,38)39;1-11-7-3-5-9-13(11)18(15(16)17)14-10-6-4-8-12(14)2;14-13(15)16(11-7-3-1-4-8-11)12-9-5-2-6-10-12/h1-17,35H,(H,30,36)(H,37,38,39)(H,40,41,42);3-10H,1-2H3,(H3,16,17);1-10H,(H3,14,15). The third-order valence-electron chi connectivity index (χ3n) is 11.4. The molecule has 9 rings (SSSR count). The summed E-state index contributed by atoms with van der Waals surface area (Å²) < 4.78 is 65.7. The largest absolute Gasteiger partial charge is 0.505 e. The predicted molar refractivity (Wildman–Crippen MR) is 304 cm³/mol. The maximum absolute atomic E-state index is 12.5. The summed E-state index contributed by atoms with van der Waals surface area (Å²) in [6.07, 6.45) is 0. The molecule has 19 nitrogen and oxygen atoms in total. The molecule has 0 bridgehead atoms. The fourth-order valence-electron chi connectivity index (χ4n) is 7.61. The minimum absolute atomic E-state index is 0.0115. The van der Waals surface area contributed by atoms with Gasteiger partial charge in [0.15, 0.2) is 17.7 Å². The molecule has 0 fully saturated rings. The summed E-state index contributed by atoms with van der Waals surface area (Å²) in [5, 5.41) is 45.4. The molecule has 394 valence electrons. The van der Waals surface area contributed by atoms with Crippen LogP contribution >= 0.6 is 0 Å². The van der Waals surface area contributed by atoms with Crippen LogP contribution in [-0.4, -0.2) is 48.9 Å². The van der Waals surface area contributed by atoms with E-state index in [4.69, 9.17) is 26.8 Å². The predicted octanol–water partition coefficient (Wildman–Crippen LogP) is 13.2. The Balaban J connectivity index is 0.000000210. The Morgan fingerprint density at radius 1 is 0.513 bits per heavy atom. The van der Waals surface area contributed by atoms with Crippen LogP contribution in [0.5, 0.6) is 5.75 Å². The number of hydrogen-bond donors (Lipinski definition) is 8. The second-order valence-corrected chi connectivity index (χ2v) is 19.7. The molecule has 1 amide bonds. The average molecular weight is 1080 g/mol. The first-order valence-corrected chi connectivity index (χ1v) is 26.3. The van der Waals surface area contributed by atoms with Gasteiger partial charge < -0.3 is 21.9 Å². The zero-order chi connectivity index (χ0) is 56.0. The number of nitrogens with two attached hydrogens (primary N) is 2. The van der Waals surface area contributed by atoms with E-state index in [1.807, 2.05) is 123 Å². The Labute approximate surface area is 450 Å². The summed E-state index contributed by atoms with van der Waals surface area (Å²) in [6.45, 7) is 4.03. The molecule has 9 aromatic rings. The van der Waals surface area contributed by atoms with Gasteiger partial charge in [0, 0.05) is 28.0 Å². The van der Waals surface area contributed by atoms with Gasteiger partial charge in [-0.2, -0.15) is 32.2 Å². The van der Waals surface area contributed by atoms with Crippen molar-refractivity contribution in [3.63, 3.8) is 0 Å². The highest BCUT2D eigenvalue weighted by molar-refractivity contribution is 7.86. The van der Waals surface area contributed by atoms with Gasteiger partial charge in [-0.1, -0.05) is 91.0 Å². The van der Waals surface area contributed by atoms with Crippen LogP contribution in [0.15, 0.2) is 243 Å². The zero-order valence-corrected chi connectivity index (χ0v) is 43.4. The number of phenols is 1. The van der Waals surface area contributed by atoms with Crippen LogP contribution in [0.25, 0.3) is 10.8 Å². The zero-order valence-electron chi connectivity index (χ0n) is 41.7. The van der Waals surface area contributed by atoms with E-state index in [9.17, 15) is 31.3 Å². The number of amides is 1. The molecular formula is C57H51N11O8S2. The number of rotatable bonds is 12. The number of phenolic OH excluding ortho intramolecular Hbond substituents is 1. The minimum Gasteiger partial charge on any atom is -0.505 e. The SMILES string of the molecule is Cc1ccccc1N(C(=N)N)c1ccccc1C.N=C(N)N(c1ccccc1)c1ccccc1.O=C(Nc1ccc2c(O)c(N=Nc3ccc(N=Nc4ccc(S(=O)(=O)O)cc4)cc3)c(S(=O)(=O)O)cc2c1)c1ccccc1. The highest BCUT2D eigenvalue weighted by Crippen LogP contribution is 2.42. The molecule has 78 heavy (non-hydrogen) atoms. The van der Waals surface area contributed by atoms with Crippen molar-refractivity contribution in [1.29, 1.82) is 10.8 Å². The third-order valence-corrected chi connectivity index (χ3v) is 13.1. The molecular weight excluding hydrogens is 1030 g/mol. The Kier molecular flexibility index (Phi) is 17.9. The van der Waals surface area contributed by atoms with Crippen LogP contribution in [0, 0.1) is 24.7 Å². The molecule has 0 spiro atoms. The molecule has 0 saturated carbocycles. The van der Waals surface area contributed by atoms with Gasteiger partial charge >= 0.3 is 0 Å². The third kappa shape index (κ3) is 14.5. The molecule has 0 radical (unpaired) electrons. The van der Waals surface area contributed by atoms with Gasteiger partial charge in [0.2, 0.25) is 0 Å². The van der Waals surface area contributed by atoms with Crippen molar-refractivity contribution in [1.82, 2.24) is 0 Å². The van der Waals surface area contributed by atoms with Gasteiger partial charge in [0.25, 0.3) is 26.1 Å². The monoisotopic (exact) mass is 1080 g/mol. The first-order valence-electron chi connectivity index (χ1n) is 23.4. The number of carbonyl (C=O) groups excluding carboxylic acids is 1. The quantitative estimate of drug-likeness (QED) is 0.0245. The highest BCUT2D eigenvalue weighted by atomic mass is 32.2. The number of nitrogens with one attached hydrogen (secondary N) is 3. The molecule has 0 aliphatic heterocycles. The van der Waals surface area contributed by atoms with Gasteiger partial charge in [-0.3, -0.25) is 34.5 Å². The molecule has 0 aromatic heterocycles. The van der Waals surface area contributed by atoms with E-state index >= 15 is 0 Å². The lowest BCUT2D eigenvalue weighted by Crippen LogP contribution is -2.33. The summed E-state index contributed by atoms with van der Waals surface area (Å²) in [5.74, 6) is -0.905. The summed E-state index contributed by atoms with van der Waals surface area (Å²) in [4.78, 5) is 15.0. The molecule has 10 N–H and O–H groups in total. The van der Waals surface area contributed by atoms with Crippen molar-refractivity contribution in [2.75, 3.05) is 15.1 Å². The number of hydrogen-bond acceptors (Lipinski definition) is 12. The Morgan fingerprint density at radius 3 is 1.37 bits per heavy atom. The fourth-order valence-corrected chi connectivity index (χ4v) is 8.75. The van der Waals surface area contributed by atoms with E-state index in [1.165, 1.54) is 66.7 Å². The summed E-state index contributed by atoms with van der Waals surface area (Å²) in [6, 6.07) is 60.2. The molecule has 0 aliphatic rings. The molecule has 21 heteroatoms. The molecule has 0 saturated heterocycles. The van der Waals surface area contributed by atoms with E-state index in [1.54, 1.807) is 40.1 Å². The Morgan fingerprint density at radius 2 is 0.936 bits per heavy atom. The first-order chi connectivity index (χ1) is 37.3. The van der Waals surface area contributed by atoms with Crippen LogP contribution in [0.2, 0.25) is 0 Å². The van der Waals surface area contributed by atoms with E-state index in [-0.39, 0.29) is 33.3 Å². The topological polar surface area (TPSA) is 314 Å². The number of anilines is 5. The number of carbonyl (C=O) groups is 1. The fraction of sp³-hybridized carbons (Fsp3) is 0.0351. The van der Waals surface area contributed by atoms with Gasteiger partial charge in [-0.05, 0) is 152 Å². The van der Waals surface area contributed by atoms with Gasteiger partial charge in [0.05, 0.1) is 33.3 Å². The molecule has 0 heterocycles. The van der Waals surface area contributed by atoms with E-state index < -0.39 is 42.5 Å². The van der Waals surface area contributed by atoms with Crippen molar-refractivity contribution >= 4 is 100 Å². The van der Waals surface area contributed by atoms with Crippen LogP contribution in [0.4, 0.5) is 51.2 Å². The van der Waals surface area contributed by atoms with Gasteiger partial charge in [-0.15, -0.1) is 5.11 Å². The van der Waals surface area contributed by atoms with Crippen molar-refractivity contribution in [3.05, 3.63) is 229 Å². The lowest BCUT2D eigenvalue weighted by molar-refractivity contribution is 0.102. The van der Waals surface area contributed by atoms with E-state index in [2.05, 4.69) is 25.8 Å². The van der Waals surface area contributed by atoms with Crippen molar-refractivity contribution in [2.45, 2.75) is 23.6 Å². The van der Waals surface area contributed by atoms with Gasteiger partial charge in [-0.25, -0.2) is 0 Å². The van der Waals surface area contributed by atoms with E-state index in [0.29, 0.717) is 22.6 Å². The lowest BCUT2D eigenvalue weighted by atomic mass is 10.1. The smallest absolute Gasteiger partial charge is 0.296 e. The summed E-state index contributed by atoms with van der Waals surface area (Å²) in [7, 11) is -9.18. The summed E-state index contributed by atoms with van der Waals surface area (Å²) in [5.41, 5.74) is 18.4. The summed E-state index contributed by atoms with van der Waals surface area (Å²) >= 11 is 0. The Bertz CT molecular complexity index is 3810. The molecule has 9 aromatic carbocycles. The number of fused-ring (bicyclic) bond motifs is 1. The molecule has 0 unspecified atom stereocenters. The van der Waals surface area contributed by atoms with Gasteiger partial charge in [0.1, 0.15) is 10.6 Å².